The van der Waals surface area contributed by atoms with Crippen molar-refractivity contribution in [2.45, 2.75) is 18.3 Å². The molecule has 0 spiro atoms. The Morgan fingerprint density at radius 3 is 1.54 bits per heavy atom. The third-order valence-corrected chi connectivity index (χ3v) is 0.949. The predicted octanol–water partition coefficient (Wildman–Crippen LogP) is 0.269. The molecule has 13 heavy (non-hydrogen) atoms. The van der Waals surface area contributed by atoms with Gasteiger partial charge in [0.25, 0.3) is 0 Å². The van der Waals surface area contributed by atoms with Crippen molar-refractivity contribution in [2.24, 2.45) is 0 Å². The Balaban J connectivity index is 0. The molecule has 0 saturated carbocycles. The number of carboxylic acids is 1. The molecule has 9 heteroatoms. The average molecular weight is 303 g/mol. The van der Waals surface area contributed by atoms with Crippen LogP contribution in [0.4, 0.5) is 26.3 Å². The molecule has 0 saturated heterocycles. The topological polar surface area (TPSA) is 40.1 Å². The maximum absolute atomic E-state index is 11.7. The van der Waals surface area contributed by atoms with E-state index in [1.807, 2.05) is 0 Å². The monoisotopic (exact) mass is 302 g/mol. The smallest absolute Gasteiger partial charge is 0.544 e. The molecule has 0 heterocycles. The Hall–Kier alpha value is -0.210. The van der Waals surface area contributed by atoms with Crippen molar-refractivity contribution in [3.05, 3.63) is 0 Å². The van der Waals surface area contributed by atoms with Crippen LogP contribution in [0.25, 0.3) is 0 Å². The third kappa shape index (κ3) is 2.61. The molecule has 0 amide bonds. The Kier molecular flexibility index (Phi) is 5.09. The van der Waals surface area contributed by atoms with Crippen LogP contribution in [0.1, 0.15) is 0 Å². The first-order chi connectivity index (χ1) is 5.14. The molecule has 2 nitrogen and oxygen atoms in total. The van der Waals surface area contributed by atoms with Crippen molar-refractivity contribution in [1.29, 1.82) is 0 Å². The fraction of sp³-hybridized carbons (Fsp3) is 0.750. The van der Waals surface area contributed by atoms with Crippen molar-refractivity contribution < 1.29 is 58.6 Å². The minimum absolute atomic E-state index is 0. The quantitative estimate of drug-likeness (QED) is 0.555. The predicted molar refractivity (Wildman–Crippen MR) is 20.9 cm³/mol. The van der Waals surface area contributed by atoms with Crippen molar-refractivity contribution in [2.75, 3.05) is 0 Å². The Bertz CT molecular complexity index is 193. The van der Waals surface area contributed by atoms with Gasteiger partial charge in [-0.3, -0.25) is 0 Å². The fourth-order valence-corrected chi connectivity index (χ4v) is 0.273. The van der Waals surface area contributed by atoms with Gasteiger partial charge in [-0.25, -0.2) is 8.78 Å². The Morgan fingerprint density at radius 2 is 1.46 bits per heavy atom. The zero-order valence-electron chi connectivity index (χ0n) is 5.46. The molecule has 0 N–H and O–H groups in total. The van der Waals surface area contributed by atoms with Gasteiger partial charge in [0.05, 0.1) is 0 Å². The summed E-state index contributed by atoms with van der Waals surface area (Å²) in [7, 11) is 0. The van der Waals surface area contributed by atoms with Crippen LogP contribution in [0.2, 0.25) is 0 Å². The number of halogens is 6. The van der Waals surface area contributed by atoms with Crippen molar-refractivity contribution in [3.63, 3.8) is 0 Å². The molecule has 0 aliphatic rings. The largest absolute Gasteiger partial charge is 1.00 e. The number of alkyl halides is 6. The second-order valence-electron chi connectivity index (χ2n) is 1.79. The number of hydrogen-bond acceptors (Lipinski definition) is 2. The summed E-state index contributed by atoms with van der Waals surface area (Å²) in [4.78, 5) is 9.30. The first-order valence-electron chi connectivity index (χ1n) is 2.39. The van der Waals surface area contributed by atoms with Gasteiger partial charge in [-0.1, -0.05) is 0 Å². The second kappa shape index (κ2) is 4.34. The third-order valence-electron chi connectivity index (χ3n) is 0.949. The van der Waals surface area contributed by atoms with E-state index in [-0.39, 0.29) is 22.4 Å². The maximum atomic E-state index is 11.7. The normalized spacial score (nSPS) is 12.5. The summed E-state index contributed by atoms with van der Waals surface area (Å²) < 4.78 is 69.0. The van der Waals surface area contributed by atoms with Crippen LogP contribution in [0.15, 0.2) is 0 Å². The average Bonchev–Trinajstić information content (AvgIpc) is 1.86. The van der Waals surface area contributed by atoms with E-state index in [2.05, 4.69) is 0 Å². The summed E-state index contributed by atoms with van der Waals surface area (Å²) in [5.74, 6) is -15.3. The molecule has 0 unspecified atom stereocenters. The molecular formula is C4HAgF6O2. The van der Waals surface area contributed by atoms with Gasteiger partial charge in [0, 0.05) is 0 Å². The number of aliphatic carboxylic acids is 1. The number of rotatable bonds is 3. The molecule has 0 rings (SSSR count). The molecule has 0 aliphatic heterocycles. The number of carboxylic acid groups (broad SMARTS) is 1. The van der Waals surface area contributed by atoms with Gasteiger partial charge in [0.15, 0.2) is 0 Å². The molecule has 0 fully saturated rings. The molecule has 0 aliphatic carbocycles. The standard InChI is InChI=1S/C4H2F6O2.Ag/c5-1(6)3(7,8)4(9,10)2(11)12;/h1H,(H,11,12);/q;+1/p-1. The molecule has 0 bridgehead atoms. The molecule has 0 aromatic rings. The zero-order valence-corrected chi connectivity index (χ0v) is 6.95. The van der Waals surface area contributed by atoms with Gasteiger partial charge in [0.2, 0.25) is 0 Å². The van der Waals surface area contributed by atoms with Crippen molar-refractivity contribution in [1.82, 2.24) is 0 Å². The van der Waals surface area contributed by atoms with Crippen molar-refractivity contribution >= 4 is 5.97 Å². The van der Waals surface area contributed by atoms with E-state index in [1.165, 1.54) is 0 Å². The molecule has 0 aromatic heterocycles. The minimum atomic E-state index is -5.91. The van der Waals surface area contributed by atoms with E-state index in [1.54, 1.807) is 0 Å². The van der Waals surface area contributed by atoms with E-state index >= 15 is 0 Å². The maximum Gasteiger partial charge on any atom is 1.00 e. The second-order valence-corrected chi connectivity index (χ2v) is 1.79. The van der Waals surface area contributed by atoms with Gasteiger partial charge in [0.1, 0.15) is 5.97 Å². The number of carbonyl (C=O) groups excluding carboxylic acids is 1. The van der Waals surface area contributed by atoms with Gasteiger partial charge in [-0.2, -0.15) is 17.6 Å². The Labute approximate surface area is 83.4 Å². The van der Waals surface area contributed by atoms with Gasteiger partial charge in [-0.15, -0.1) is 0 Å². The van der Waals surface area contributed by atoms with Crippen LogP contribution in [0.3, 0.4) is 0 Å². The fourth-order valence-electron chi connectivity index (χ4n) is 0.273. The van der Waals surface area contributed by atoms with Crippen LogP contribution >= 0.6 is 0 Å². The van der Waals surface area contributed by atoms with Crippen LogP contribution in [-0.2, 0) is 27.2 Å². The van der Waals surface area contributed by atoms with Crippen molar-refractivity contribution in [3.8, 4) is 0 Å². The van der Waals surface area contributed by atoms with Gasteiger partial charge < -0.3 is 9.90 Å². The van der Waals surface area contributed by atoms with Crippen LogP contribution < -0.4 is 5.11 Å². The molecule has 0 aromatic carbocycles. The van der Waals surface area contributed by atoms with E-state index in [0.29, 0.717) is 0 Å². The SMILES string of the molecule is O=C([O-])C(F)(F)C(F)(F)C(F)F.[Ag+]. The van der Waals surface area contributed by atoms with E-state index in [4.69, 9.17) is 0 Å². The van der Waals surface area contributed by atoms with Gasteiger partial charge >= 0.3 is 40.7 Å². The summed E-state index contributed by atoms with van der Waals surface area (Å²) >= 11 is 0. The van der Waals surface area contributed by atoms with Crippen LogP contribution in [-0.4, -0.2) is 24.2 Å². The zero-order chi connectivity index (χ0) is 10.2. The van der Waals surface area contributed by atoms with Crippen LogP contribution in [0.5, 0.6) is 0 Å². The van der Waals surface area contributed by atoms with E-state index in [9.17, 15) is 36.2 Å². The summed E-state index contributed by atoms with van der Waals surface area (Å²) in [6, 6.07) is 0. The minimum Gasteiger partial charge on any atom is -0.544 e. The summed E-state index contributed by atoms with van der Waals surface area (Å²) in [6.45, 7) is 0. The number of carbonyl (C=O) groups is 1. The molecule has 82 valence electrons. The number of hydrogen-bond donors (Lipinski definition) is 0. The molecular weight excluding hydrogens is 302 g/mol. The first-order valence-corrected chi connectivity index (χ1v) is 2.39. The summed E-state index contributed by atoms with van der Waals surface area (Å²) in [5, 5.41) is 9.30. The Morgan fingerprint density at radius 1 is 1.15 bits per heavy atom. The molecule has 0 radical (unpaired) electrons. The van der Waals surface area contributed by atoms with E-state index < -0.39 is 24.2 Å². The van der Waals surface area contributed by atoms with Crippen LogP contribution in [0, 0.1) is 0 Å². The van der Waals surface area contributed by atoms with Gasteiger partial charge in [-0.05, 0) is 0 Å². The van der Waals surface area contributed by atoms with E-state index in [0.717, 1.165) is 0 Å². The first kappa shape index (κ1) is 15.3. The molecule has 0 atom stereocenters. The summed E-state index contributed by atoms with van der Waals surface area (Å²) in [5.41, 5.74) is 0. The summed E-state index contributed by atoms with van der Waals surface area (Å²) in [6.07, 6.45) is -4.76.